The SMILES string of the molecule is Cn1cc(Nc2nc(Cl)cn3ncnc23)cn1. The second-order valence-electron chi connectivity index (χ2n) is 3.47. The van der Waals surface area contributed by atoms with Gasteiger partial charge in [0, 0.05) is 13.2 Å². The van der Waals surface area contributed by atoms with Crippen LogP contribution in [-0.2, 0) is 7.05 Å². The highest BCUT2D eigenvalue weighted by atomic mass is 35.5. The number of nitrogens with zero attached hydrogens (tertiary/aromatic N) is 6. The van der Waals surface area contributed by atoms with Crippen LogP contribution in [0.2, 0.25) is 5.15 Å². The molecule has 0 saturated carbocycles. The van der Waals surface area contributed by atoms with Gasteiger partial charge in [0.05, 0.1) is 18.1 Å². The summed E-state index contributed by atoms with van der Waals surface area (Å²) < 4.78 is 3.25. The Kier molecular flexibility index (Phi) is 2.19. The van der Waals surface area contributed by atoms with Crippen molar-refractivity contribution >= 4 is 28.8 Å². The predicted molar refractivity (Wildman–Crippen MR) is 62.3 cm³/mol. The minimum atomic E-state index is 0.342. The summed E-state index contributed by atoms with van der Waals surface area (Å²) in [7, 11) is 1.84. The Labute approximate surface area is 101 Å². The second-order valence-corrected chi connectivity index (χ2v) is 3.86. The molecule has 3 aromatic heterocycles. The number of fused-ring (bicyclic) bond motifs is 1. The van der Waals surface area contributed by atoms with E-state index >= 15 is 0 Å². The van der Waals surface area contributed by atoms with Gasteiger partial charge in [0.25, 0.3) is 0 Å². The number of nitrogens with one attached hydrogen (secondary N) is 1. The Morgan fingerprint density at radius 1 is 1.29 bits per heavy atom. The van der Waals surface area contributed by atoms with Crippen molar-refractivity contribution in [2.75, 3.05) is 5.32 Å². The van der Waals surface area contributed by atoms with Gasteiger partial charge in [-0.05, 0) is 0 Å². The van der Waals surface area contributed by atoms with Crippen LogP contribution in [-0.4, -0.2) is 29.4 Å². The molecule has 0 unspecified atom stereocenters. The Bertz CT molecular complexity index is 671. The highest BCUT2D eigenvalue weighted by molar-refractivity contribution is 6.29. The van der Waals surface area contributed by atoms with Crippen molar-refractivity contribution in [2.45, 2.75) is 0 Å². The fraction of sp³-hybridized carbons (Fsp3) is 0.111. The van der Waals surface area contributed by atoms with E-state index in [1.807, 2.05) is 13.2 Å². The average Bonchev–Trinajstić information content (AvgIpc) is 2.87. The number of hydrogen-bond donors (Lipinski definition) is 1. The summed E-state index contributed by atoms with van der Waals surface area (Å²) in [6.45, 7) is 0. The summed E-state index contributed by atoms with van der Waals surface area (Å²) >= 11 is 5.89. The van der Waals surface area contributed by atoms with Crippen LogP contribution in [0.15, 0.2) is 24.9 Å². The van der Waals surface area contributed by atoms with E-state index < -0.39 is 0 Å². The maximum Gasteiger partial charge on any atom is 0.198 e. The van der Waals surface area contributed by atoms with Crippen LogP contribution >= 0.6 is 11.6 Å². The Morgan fingerprint density at radius 3 is 2.94 bits per heavy atom. The molecule has 3 rings (SSSR count). The molecule has 0 amide bonds. The topological polar surface area (TPSA) is 72.9 Å². The van der Waals surface area contributed by atoms with Crippen molar-refractivity contribution in [3.8, 4) is 0 Å². The minimum absolute atomic E-state index is 0.342. The van der Waals surface area contributed by atoms with E-state index in [1.54, 1.807) is 21.6 Å². The van der Waals surface area contributed by atoms with Gasteiger partial charge in [0.1, 0.15) is 11.5 Å². The number of halogens is 1. The summed E-state index contributed by atoms with van der Waals surface area (Å²) in [6, 6.07) is 0. The van der Waals surface area contributed by atoms with Gasteiger partial charge in [-0.1, -0.05) is 11.6 Å². The van der Waals surface area contributed by atoms with Gasteiger partial charge >= 0.3 is 0 Å². The predicted octanol–water partition coefficient (Wildman–Crippen LogP) is 1.25. The largest absolute Gasteiger partial charge is 0.334 e. The van der Waals surface area contributed by atoms with E-state index in [0.29, 0.717) is 16.6 Å². The molecular formula is C9H8ClN7. The first-order chi connectivity index (χ1) is 8.22. The van der Waals surface area contributed by atoms with Crippen molar-refractivity contribution in [2.24, 2.45) is 7.05 Å². The van der Waals surface area contributed by atoms with Crippen LogP contribution in [0.4, 0.5) is 11.5 Å². The number of rotatable bonds is 2. The standard InChI is InChI=1S/C9H8ClN7/c1-16-3-6(2-12-16)14-8-9-11-5-13-17(9)4-7(10)15-8/h2-5H,1H3,(H,14,15). The van der Waals surface area contributed by atoms with Gasteiger partial charge in [-0.2, -0.15) is 10.2 Å². The molecule has 0 aromatic carbocycles. The molecule has 8 heteroatoms. The number of hydrogen-bond acceptors (Lipinski definition) is 5. The third kappa shape index (κ3) is 1.80. The molecule has 86 valence electrons. The van der Waals surface area contributed by atoms with Crippen LogP contribution in [0, 0.1) is 0 Å². The van der Waals surface area contributed by atoms with Crippen molar-refractivity contribution in [1.29, 1.82) is 0 Å². The molecule has 0 bridgehead atoms. The molecule has 0 spiro atoms. The Morgan fingerprint density at radius 2 is 2.18 bits per heavy atom. The zero-order valence-corrected chi connectivity index (χ0v) is 9.63. The van der Waals surface area contributed by atoms with Crippen LogP contribution in [0.25, 0.3) is 5.65 Å². The summed E-state index contributed by atoms with van der Waals surface area (Å²) in [5.74, 6) is 0.544. The van der Waals surface area contributed by atoms with Gasteiger partial charge in [-0.25, -0.2) is 14.5 Å². The quantitative estimate of drug-likeness (QED) is 0.740. The van der Waals surface area contributed by atoms with E-state index in [0.717, 1.165) is 5.69 Å². The second kappa shape index (κ2) is 3.70. The molecule has 3 aromatic rings. The highest BCUT2D eigenvalue weighted by Gasteiger charge is 2.08. The molecule has 0 radical (unpaired) electrons. The monoisotopic (exact) mass is 249 g/mol. The van der Waals surface area contributed by atoms with Gasteiger partial charge in [0.2, 0.25) is 0 Å². The Balaban J connectivity index is 2.07. The minimum Gasteiger partial charge on any atom is -0.334 e. The fourth-order valence-electron chi connectivity index (χ4n) is 1.51. The van der Waals surface area contributed by atoms with E-state index in [4.69, 9.17) is 11.6 Å². The third-order valence-electron chi connectivity index (χ3n) is 2.20. The molecule has 0 aliphatic rings. The molecule has 0 fully saturated rings. The molecule has 17 heavy (non-hydrogen) atoms. The summed E-state index contributed by atoms with van der Waals surface area (Å²) in [5, 5.41) is 11.5. The van der Waals surface area contributed by atoms with Gasteiger partial charge < -0.3 is 5.32 Å². The van der Waals surface area contributed by atoms with E-state index in [2.05, 4.69) is 25.5 Å². The normalized spacial score (nSPS) is 10.9. The first-order valence-electron chi connectivity index (χ1n) is 4.84. The average molecular weight is 250 g/mol. The van der Waals surface area contributed by atoms with Crippen LogP contribution in [0.5, 0.6) is 0 Å². The first-order valence-corrected chi connectivity index (χ1v) is 5.22. The van der Waals surface area contributed by atoms with Gasteiger partial charge in [-0.15, -0.1) is 0 Å². The molecule has 0 aliphatic carbocycles. The third-order valence-corrected chi connectivity index (χ3v) is 2.38. The molecule has 0 saturated heterocycles. The smallest absolute Gasteiger partial charge is 0.198 e. The van der Waals surface area contributed by atoms with E-state index in [9.17, 15) is 0 Å². The number of anilines is 2. The lowest BCUT2D eigenvalue weighted by molar-refractivity contribution is 0.768. The zero-order valence-electron chi connectivity index (χ0n) is 8.87. The maximum atomic E-state index is 5.89. The summed E-state index contributed by atoms with van der Waals surface area (Å²) in [6.07, 6.45) is 6.56. The zero-order chi connectivity index (χ0) is 11.8. The number of aryl methyl sites for hydroxylation is 1. The molecule has 0 aliphatic heterocycles. The van der Waals surface area contributed by atoms with Crippen molar-refractivity contribution in [3.05, 3.63) is 30.1 Å². The Hall–Kier alpha value is -2.15. The molecule has 3 heterocycles. The molecule has 1 N–H and O–H groups in total. The van der Waals surface area contributed by atoms with E-state index in [1.165, 1.54) is 6.33 Å². The lowest BCUT2D eigenvalue weighted by Gasteiger charge is -2.03. The van der Waals surface area contributed by atoms with E-state index in [-0.39, 0.29) is 0 Å². The maximum absolute atomic E-state index is 5.89. The highest BCUT2D eigenvalue weighted by Crippen LogP contribution is 2.19. The number of aromatic nitrogens is 6. The molecule has 7 nitrogen and oxygen atoms in total. The summed E-state index contributed by atoms with van der Waals surface area (Å²) in [5.41, 5.74) is 1.42. The molecule has 0 atom stereocenters. The van der Waals surface area contributed by atoms with Gasteiger partial charge in [-0.3, -0.25) is 4.68 Å². The van der Waals surface area contributed by atoms with Crippen molar-refractivity contribution in [1.82, 2.24) is 29.4 Å². The lowest BCUT2D eigenvalue weighted by atomic mass is 10.5. The first kappa shape index (κ1) is 10.0. The van der Waals surface area contributed by atoms with Gasteiger partial charge in [0.15, 0.2) is 11.5 Å². The van der Waals surface area contributed by atoms with Crippen LogP contribution in [0.3, 0.4) is 0 Å². The van der Waals surface area contributed by atoms with Crippen molar-refractivity contribution in [3.63, 3.8) is 0 Å². The van der Waals surface area contributed by atoms with Crippen LogP contribution < -0.4 is 5.32 Å². The van der Waals surface area contributed by atoms with Crippen LogP contribution in [0.1, 0.15) is 0 Å². The van der Waals surface area contributed by atoms with Crippen molar-refractivity contribution < 1.29 is 0 Å². The lowest BCUT2D eigenvalue weighted by Crippen LogP contribution is -1.99. The fourth-order valence-corrected chi connectivity index (χ4v) is 1.68. The summed E-state index contributed by atoms with van der Waals surface area (Å²) in [4.78, 5) is 8.28. The molecular weight excluding hydrogens is 242 g/mol.